The van der Waals surface area contributed by atoms with Crippen LogP contribution in [0.1, 0.15) is 24.5 Å². The summed E-state index contributed by atoms with van der Waals surface area (Å²) in [5, 5.41) is 19.5. The summed E-state index contributed by atoms with van der Waals surface area (Å²) < 4.78 is 0. The molecule has 0 aliphatic heterocycles. The second kappa shape index (κ2) is 9.30. The predicted octanol–water partition coefficient (Wildman–Crippen LogP) is 3.97. The van der Waals surface area contributed by atoms with Crippen LogP contribution < -0.4 is 0 Å². The van der Waals surface area contributed by atoms with Crippen LogP contribution in [0.2, 0.25) is 0 Å². The molecule has 0 aliphatic rings. The molecule has 24 heavy (non-hydrogen) atoms. The van der Waals surface area contributed by atoms with Crippen molar-refractivity contribution in [2.45, 2.75) is 19.4 Å². The second-order valence-corrected chi connectivity index (χ2v) is 5.35. The Morgan fingerprint density at radius 1 is 0.917 bits per heavy atom. The number of aromatic hydroxyl groups is 2. The van der Waals surface area contributed by atoms with E-state index in [1.165, 1.54) is 0 Å². The highest BCUT2D eigenvalue weighted by Crippen LogP contribution is 2.14. The van der Waals surface area contributed by atoms with Gasteiger partial charge in [-0.05, 0) is 37.6 Å². The standard InChI is InChI=1S/C20H22N2O2/c1-2-3-10-18(22-14-17-9-5-7-12-20(17)24)15-21-13-16-8-4-6-11-19(16)23/h2-9,11-14,18,23-24H,10,15H2,1H3/b3-2+,21-13?,22-14?. The molecule has 1 unspecified atom stereocenters. The van der Waals surface area contributed by atoms with Gasteiger partial charge in [-0.3, -0.25) is 9.98 Å². The summed E-state index contributed by atoms with van der Waals surface area (Å²) in [6.07, 6.45) is 8.13. The Hall–Kier alpha value is -2.88. The number of para-hydroxylation sites is 2. The van der Waals surface area contributed by atoms with Gasteiger partial charge in [-0.2, -0.15) is 0 Å². The molecule has 2 aromatic carbocycles. The van der Waals surface area contributed by atoms with Gasteiger partial charge in [0.15, 0.2) is 0 Å². The van der Waals surface area contributed by atoms with Crippen LogP contribution in [0.25, 0.3) is 0 Å². The first kappa shape index (κ1) is 17.5. The number of nitrogens with zero attached hydrogens (tertiary/aromatic N) is 2. The van der Waals surface area contributed by atoms with Gasteiger partial charge in [0.25, 0.3) is 0 Å². The van der Waals surface area contributed by atoms with E-state index >= 15 is 0 Å². The van der Waals surface area contributed by atoms with E-state index in [1.807, 2.05) is 43.3 Å². The van der Waals surface area contributed by atoms with Gasteiger partial charge in [0, 0.05) is 23.6 Å². The van der Waals surface area contributed by atoms with Crippen LogP contribution in [0, 0.1) is 0 Å². The molecule has 2 N–H and O–H groups in total. The smallest absolute Gasteiger partial charge is 0.124 e. The predicted molar refractivity (Wildman–Crippen MR) is 99.5 cm³/mol. The molecule has 2 rings (SSSR count). The molecule has 0 amide bonds. The molecule has 0 aliphatic carbocycles. The first-order valence-electron chi connectivity index (χ1n) is 7.91. The Labute approximate surface area is 142 Å². The molecule has 4 heteroatoms. The van der Waals surface area contributed by atoms with Crippen molar-refractivity contribution in [3.05, 3.63) is 71.8 Å². The minimum atomic E-state index is -0.0251. The van der Waals surface area contributed by atoms with Crippen molar-refractivity contribution in [2.24, 2.45) is 9.98 Å². The third-order valence-corrected chi connectivity index (χ3v) is 3.49. The highest BCUT2D eigenvalue weighted by Gasteiger charge is 2.04. The first-order valence-corrected chi connectivity index (χ1v) is 7.91. The maximum absolute atomic E-state index is 9.79. The lowest BCUT2D eigenvalue weighted by atomic mass is 10.2. The maximum atomic E-state index is 9.79. The van der Waals surface area contributed by atoms with Gasteiger partial charge in [-0.15, -0.1) is 0 Å². The number of phenols is 2. The molecule has 2 aromatic rings. The monoisotopic (exact) mass is 322 g/mol. The zero-order chi connectivity index (χ0) is 17.2. The van der Waals surface area contributed by atoms with E-state index in [9.17, 15) is 10.2 Å². The lowest BCUT2D eigenvalue weighted by Gasteiger charge is -2.07. The molecule has 0 aromatic heterocycles. The second-order valence-electron chi connectivity index (χ2n) is 5.35. The van der Waals surface area contributed by atoms with Crippen molar-refractivity contribution in [1.82, 2.24) is 0 Å². The Morgan fingerprint density at radius 2 is 1.50 bits per heavy atom. The number of hydrogen-bond acceptors (Lipinski definition) is 4. The third-order valence-electron chi connectivity index (χ3n) is 3.49. The molecule has 0 fully saturated rings. The molecular formula is C20H22N2O2. The summed E-state index contributed by atoms with van der Waals surface area (Å²) in [4.78, 5) is 8.93. The van der Waals surface area contributed by atoms with Crippen LogP contribution in [0.15, 0.2) is 70.7 Å². The van der Waals surface area contributed by atoms with Gasteiger partial charge in [0.05, 0.1) is 12.6 Å². The summed E-state index contributed by atoms with van der Waals surface area (Å²) in [7, 11) is 0. The van der Waals surface area contributed by atoms with E-state index in [1.54, 1.807) is 36.7 Å². The number of benzene rings is 2. The van der Waals surface area contributed by atoms with Crippen LogP contribution in [0.5, 0.6) is 11.5 Å². The summed E-state index contributed by atoms with van der Waals surface area (Å²) in [6, 6.07) is 14.1. The van der Waals surface area contributed by atoms with Crippen molar-refractivity contribution < 1.29 is 10.2 Å². The molecule has 0 saturated heterocycles. The summed E-state index contributed by atoms with van der Waals surface area (Å²) >= 11 is 0. The zero-order valence-electron chi connectivity index (χ0n) is 13.7. The minimum Gasteiger partial charge on any atom is -0.507 e. The third kappa shape index (κ3) is 5.39. The Morgan fingerprint density at radius 3 is 2.08 bits per heavy atom. The van der Waals surface area contributed by atoms with E-state index in [0.717, 1.165) is 6.42 Å². The van der Waals surface area contributed by atoms with Crippen LogP contribution in [-0.4, -0.2) is 35.2 Å². The van der Waals surface area contributed by atoms with Crippen molar-refractivity contribution in [3.63, 3.8) is 0 Å². The molecule has 4 nitrogen and oxygen atoms in total. The molecule has 124 valence electrons. The first-order chi connectivity index (χ1) is 11.7. The SMILES string of the molecule is C/C=C/CC(CN=Cc1ccccc1O)N=Cc1ccccc1O. The number of phenolic OH excluding ortho intramolecular Hbond substituents is 2. The van der Waals surface area contributed by atoms with E-state index in [2.05, 4.69) is 9.98 Å². The van der Waals surface area contributed by atoms with E-state index < -0.39 is 0 Å². The van der Waals surface area contributed by atoms with Gasteiger partial charge in [0.2, 0.25) is 0 Å². The Kier molecular flexibility index (Phi) is 6.77. The van der Waals surface area contributed by atoms with Crippen molar-refractivity contribution in [3.8, 4) is 11.5 Å². The largest absolute Gasteiger partial charge is 0.507 e. The van der Waals surface area contributed by atoms with Crippen LogP contribution in [-0.2, 0) is 0 Å². The highest BCUT2D eigenvalue weighted by molar-refractivity contribution is 5.84. The number of hydrogen-bond donors (Lipinski definition) is 2. The van der Waals surface area contributed by atoms with E-state index in [4.69, 9.17) is 0 Å². The lowest BCUT2D eigenvalue weighted by molar-refractivity contribution is 0.474. The van der Waals surface area contributed by atoms with E-state index in [-0.39, 0.29) is 17.5 Å². The van der Waals surface area contributed by atoms with Crippen molar-refractivity contribution in [1.29, 1.82) is 0 Å². The van der Waals surface area contributed by atoms with Crippen LogP contribution in [0.4, 0.5) is 0 Å². The molecule has 0 spiro atoms. The van der Waals surface area contributed by atoms with Gasteiger partial charge < -0.3 is 10.2 Å². The maximum Gasteiger partial charge on any atom is 0.124 e. The molecule has 1 atom stereocenters. The van der Waals surface area contributed by atoms with Crippen LogP contribution in [0.3, 0.4) is 0 Å². The van der Waals surface area contributed by atoms with Gasteiger partial charge in [0.1, 0.15) is 11.5 Å². The fourth-order valence-corrected chi connectivity index (χ4v) is 2.13. The Balaban J connectivity index is 2.05. The van der Waals surface area contributed by atoms with E-state index in [0.29, 0.717) is 17.7 Å². The van der Waals surface area contributed by atoms with Gasteiger partial charge in [-0.25, -0.2) is 0 Å². The van der Waals surface area contributed by atoms with Gasteiger partial charge >= 0.3 is 0 Å². The normalized spacial score (nSPS) is 13.2. The molecular weight excluding hydrogens is 300 g/mol. The number of rotatable bonds is 7. The fraction of sp³-hybridized carbons (Fsp3) is 0.200. The van der Waals surface area contributed by atoms with Crippen molar-refractivity contribution >= 4 is 12.4 Å². The molecule has 0 saturated carbocycles. The molecule has 0 heterocycles. The number of aliphatic imine (C=N–C) groups is 2. The average Bonchev–Trinajstić information content (AvgIpc) is 2.59. The zero-order valence-corrected chi connectivity index (χ0v) is 13.7. The molecule has 0 bridgehead atoms. The summed E-state index contributed by atoms with van der Waals surface area (Å²) in [6.45, 7) is 2.47. The number of allylic oxidation sites excluding steroid dienone is 1. The van der Waals surface area contributed by atoms with Crippen molar-refractivity contribution in [2.75, 3.05) is 6.54 Å². The summed E-state index contributed by atoms with van der Waals surface area (Å²) in [5.74, 6) is 0.424. The topological polar surface area (TPSA) is 65.2 Å². The minimum absolute atomic E-state index is 0.0251. The van der Waals surface area contributed by atoms with Gasteiger partial charge in [-0.1, -0.05) is 36.4 Å². The fourth-order valence-electron chi connectivity index (χ4n) is 2.13. The molecule has 0 radical (unpaired) electrons. The van der Waals surface area contributed by atoms with Crippen LogP contribution >= 0.6 is 0 Å². The Bertz CT molecular complexity index is 736. The summed E-state index contributed by atoms with van der Waals surface area (Å²) in [5.41, 5.74) is 1.37. The quantitative estimate of drug-likeness (QED) is 0.598. The highest BCUT2D eigenvalue weighted by atomic mass is 16.3. The lowest BCUT2D eigenvalue weighted by Crippen LogP contribution is -2.08. The average molecular weight is 322 g/mol.